The van der Waals surface area contributed by atoms with Crippen molar-refractivity contribution in [1.29, 1.82) is 0 Å². The third-order valence-electron chi connectivity index (χ3n) is 3.43. The SMILES string of the molecule is CCC[C@@H](N)C(=O)NCC1CN(C)CCN1C. The zero-order valence-electron chi connectivity index (χ0n) is 11.3. The molecular formula is C12H26N4O. The fraction of sp³-hybridized carbons (Fsp3) is 0.917. The van der Waals surface area contributed by atoms with Crippen molar-refractivity contribution in [3.8, 4) is 0 Å². The highest BCUT2D eigenvalue weighted by molar-refractivity contribution is 5.81. The molecule has 0 aromatic rings. The summed E-state index contributed by atoms with van der Waals surface area (Å²) in [5, 5.41) is 2.96. The summed E-state index contributed by atoms with van der Waals surface area (Å²) in [6.45, 7) is 5.88. The van der Waals surface area contributed by atoms with E-state index in [1.54, 1.807) is 0 Å². The van der Waals surface area contributed by atoms with Crippen molar-refractivity contribution in [2.24, 2.45) is 5.73 Å². The number of piperazine rings is 1. The zero-order valence-corrected chi connectivity index (χ0v) is 11.3. The van der Waals surface area contributed by atoms with E-state index < -0.39 is 0 Å². The van der Waals surface area contributed by atoms with Gasteiger partial charge in [-0.25, -0.2) is 0 Å². The molecule has 0 bridgehead atoms. The van der Waals surface area contributed by atoms with Gasteiger partial charge in [-0.1, -0.05) is 13.3 Å². The molecule has 1 aliphatic rings. The minimum absolute atomic E-state index is 0.0199. The molecule has 1 amide bonds. The van der Waals surface area contributed by atoms with E-state index in [9.17, 15) is 4.79 Å². The number of carbonyl (C=O) groups is 1. The minimum atomic E-state index is -0.355. The van der Waals surface area contributed by atoms with Crippen molar-refractivity contribution < 1.29 is 4.79 Å². The van der Waals surface area contributed by atoms with E-state index in [-0.39, 0.29) is 11.9 Å². The number of amides is 1. The van der Waals surface area contributed by atoms with Gasteiger partial charge >= 0.3 is 0 Å². The second-order valence-corrected chi connectivity index (χ2v) is 5.04. The van der Waals surface area contributed by atoms with E-state index in [2.05, 4.69) is 29.2 Å². The Hall–Kier alpha value is -0.650. The Kier molecular flexibility index (Phi) is 5.88. The van der Waals surface area contributed by atoms with Crippen LogP contribution in [-0.2, 0) is 4.79 Å². The van der Waals surface area contributed by atoms with Crippen molar-refractivity contribution in [3.63, 3.8) is 0 Å². The number of nitrogens with one attached hydrogen (secondary N) is 1. The van der Waals surface area contributed by atoms with Crippen molar-refractivity contribution in [1.82, 2.24) is 15.1 Å². The van der Waals surface area contributed by atoms with Crippen LogP contribution < -0.4 is 11.1 Å². The molecule has 1 fully saturated rings. The van der Waals surface area contributed by atoms with E-state index in [0.29, 0.717) is 12.6 Å². The maximum absolute atomic E-state index is 11.7. The minimum Gasteiger partial charge on any atom is -0.353 e. The van der Waals surface area contributed by atoms with Gasteiger partial charge in [0.05, 0.1) is 6.04 Å². The molecule has 1 saturated heterocycles. The van der Waals surface area contributed by atoms with Gasteiger partial charge in [-0.15, -0.1) is 0 Å². The van der Waals surface area contributed by atoms with Crippen molar-refractivity contribution >= 4 is 5.91 Å². The van der Waals surface area contributed by atoms with E-state index in [1.165, 1.54) is 0 Å². The summed E-state index contributed by atoms with van der Waals surface area (Å²) in [5.74, 6) is -0.0199. The normalized spacial score (nSPS) is 24.6. The first kappa shape index (κ1) is 14.4. The van der Waals surface area contributed by atoms with Crippen LogP contribution in [0.2, 0.25) is 0 Å². The lowest BCUT2D eigenvalue weighted by atomic mass is 10.1. The second kappa shape index (κ2) is 6.93. The average Bonchev–Trinajstić information content (AvgIpc) is 2.30. The van der Waals surface area contributed by atoms with Crippen molar-refractivity contribution in [2.75, 3.05) is 40.3 Å². The van der Waals surface area contributed by atoms with Crippen LogP contribution in [-0.4, -0.2) is 68.1 Å². The Morgan fingerprint density at radius 3 is 2.82 bits per heavy atom. The fourth-order valence-corrected chi connectivity index (χ4v) is 2.11. The lowest BCUT2D eigenvalue weighted by Gasteiger charge is -2.37. The molecule has 5 nitrogen and oxygen atoms in total. The van der Waals surface area contributed by atoms with Crippen LogP contribution in [0.25, 0.3) is 0 Å². The van der Waals surface area contributed by atoms with Crippen LogP contribution in [0.3, 0.4) is 0 Å². The number of carbonyl (C=O) groups excluding carboxylic acids is 1. The van der Waals surface area contributed by atoms with Gasteiger partial charge in [0.1, 0.15) is 0 Å². The van der Waals surface area contributed by atoms with Gasteiger partial charge in [-0.05, 0) is 20.5 Å². The van der Waals surface area contributed by atoms with E-state index >= 15 is 0 Å². The number of nitrogens with zero attached hydrogens (tertiary/aromatic N) is 2. The molecule has 0 spiro atoms. The Morgan fingerprint density at radius 2 is 2.18 bits per heavy atom. The summed E-state index contributed by atoms with van der Waals surface area (Å²) in [7, 11) is 4.22. The monoisotopic (exact) mass is 242 g/mol. The van der Waals surface area contributed by atoms with Gasteiger partial charge in [0.25, 0.3) is 0 Å². The highest BCUT2D eigenvalue weighted by Gasteiger charge is 2.23. The summed E-state index contributed by atoms with van der Waals surface area (Å²) < 4.78 is 0. The number of hydrogen-bond donors (Lipinski definition) is 2. The number of likely N-dealkylation sites (N-methyl/N-ethyl adjacent to an activating group) is 2. The lowest BCUT2D eigenvalue weighted by Crippen LogP contribution is -2.55. The molecule has 1 heterocycles. The standard InChI is InChI=1S/C12H26N4O/c1-4-5-11(13)12(17)14-8-10-9-15(2)6-7-16(10)3/h10-11H,4-9,13H2,1-3H3,(H,14,17)/t10?,11-/m1/s1. The van der Waals surface area contributed by atoms with E-state index in [1.807, 2.05) is 6.92 Å². The van der Waals surface area contributed by atoms with Crippen molar-refractivity contribution in [3.05, 3.63) is 0 Å². The molecule has 1 rings (SSSR count). The fourth-order valence-electron chi connectivity index (χ4n) is 2.11. The maximum Gasteiger partial charge on any atom is 0.236 e. The first-order valence-corrected chi connectivity index (χ1v) is 6.46. The number of hydrogen-bond acceptors (Lipinski definition) is 4. The highest BCUT2D eigenvalue weighted by atomic mass is 16.2. The largest absolute Gasteiger partial charge is 0.353 e. The van der Waals surface area contributed by atoms with Crippen LogP contribution >= 0.6 is 0 Å². The molecule has 3 N–H and O–H groups in total. The van der Waals surface area contributed by atoms with Crippen LogP contribution in [0.15, 0.2) is 0 Å². The van der Waals surface area contributed by atoms with Crippen LogP contribution in [0.1, 0.15) is 19.8 Å². The summed E-state index contributed by atoms with van der Waals surface area (Å²) in [6.07, 6.45) is 1.70. The van der Waals surface area contributed by atoms with Crippen LogP contribution in [0.4, 0.5) is 0 Å². The third kappa shape index (κ3) is 4.61. The van der Waals surface area contributed by atoms with E-state index in [4.69, 9.17) is 5.73 Å². The van der Waals surface area contributed by atoms with Gasteiger partial charge in [-0.3, -0.25) is 9.69 Å². The molecule has 1 aliphatic heterocycles. The molecule has 2 atom stereocenters. The molecule has 0 aliphatic carbocycles. The Labute approximate surface area is 104 Å². The smallest absolute Gasteiger partial charge is 0.236 e. The zero-order chi connectivity index (χ0) is 12.8. The summed E-state index contributed by atoms with van der Waals surface area (Å²) >= 11 is 0. The molecule has 5 heteroatoms. The molecular weight excluding hydrogens is 216 g/mol. The quantitative estimate of drug-likeness (QED) is 0.681. The van der Waals surface area contributed by atoms with Crippen molar-refractivity contribution in [2.45, 2.75) is 31.8 Å². The molecule has 0 saturated carbocycles. The van der Waals surface area contributed by atoms with Gasteiger partial charge in [0.2, 0.25) is 5.91 Å². The summed E-state index contributed by atoms with van der Waals surface area (Å²) in [6, 6.07) is 0.0400. The topological polar surface area (TPSA) is 61.6 Å². The third-order valence-corrected chi connectivity index (χ3v) is 3.43. The van der Waals surface area contributed by atoms with Gasteiger partial charge < -0.3 is 16.0 Å². The van der Waals surface area contributed by atoms with Crippen LogP contribution in [0, 0.1) is 0 Å². The van der Waals surface area contributed by atoms with Gasteiger partial charge in [-0.2, -0.15) is 0 Å². The Morgan fingerprint density at radius 1 is 1.47 bits per heavy atom. The molecule has 1 unspecified atom stereocenters. The number of nitrogens with two attached hydrogens (primary N) is 1. The average molecular weight is 242 g/mol. The lowest BCUT2D eigenvalue weighted by molar-refractivity contribution is -0.122. The number of rotatable bonds is 5. The first-order chi connectivity index (χ1) is 8.04. The van der Waals surface area contributed by atoms with Gasteiger partial charge in [0.15, 0.2) is 0 Å². The first-order valence-electron chi connectivity index (χ1n) is 6.46. The molecule has 100 valence electrons. The van der Waals surface area contributed by atoms with Crippen LogP contribution in [0.5, 0.6) is 0 Å². The summed E-state index contributed by atoms with van der Waals surface area (Å²) in [5.41, 5.74) is 5.77. The van der Waals surface area contributed by atoms with Gasteiger partial charge in [0, 0.05) is 32.2 Å². The maximum atomic E-state index is 11.7. The second-order valence-electron chi connectivity index (χ2n) is 5.04. The highest BCUT2D eigenvalue weighted by Crippen LogP contribution is 2.04. The Bertz CT molecular complexity index is 247. The molecule has 17 heavy (non-hydrogen) atoms. The molecule has 0 radical (unpaired) electrons. The predicted octanol–water partition coefficient (Wildman–Crippen LogP) is -0.524. The van der Waals surface area contributed by atoms with E-state index in [0.717, 1.165) is 32.5 Å². The molecule has 0 aromatic carbocycles. The molecule has 0 aromatic heterocycles. The Balaban J connectivity index is 2.31. The predicted molar refractivity (Wildman–Crippen MR) is 69.8 cm³/mol. The summed E-state index contributed by atoms with van der Waals surface area (Å²) in [4.78, 5) is 16.3.